The first-order chi connectivity index (χ1) is 8.24. The lowest BCUT2D eigenvalue weighted by molar-refractivity contribution is -0.131. The predicted molar refractivity (Wildman–Crippen MR) is 66.8 cm³/mol. The Balaban J connectivity index is 1.94. The molecule has 0 aliphatic heterocycles. The number of hydrogen-bond donors (Lipinski definition) is 0. The molecule has 0 spiro atoms. The zero-order chi connectivity index (χ0) is 12.3. The van der Waals surface area contributed by atoms with E-state index in [0.29, 0.717) is 12.5 Å². The highest BCUT2D eigenvalue weighted by atomic mass is 16.3. The fraction of sp³-hybridized carbons (Fsp3) is 0.643. The van der Waals surface area contributed by atoms with Crippen molar-refractivity contribution in [3.05, 3.63) is 23.7 Å². The lowest BCUT2D eigenvalue weighted by Gasteiger charge is -2.21. The second kappa shape index (κ2) is 5.39. The van der Waals surface area contributed by atoms with E-state index in [1.807, 2.05) is 17.0 Å². The van der Waals surface area contributed by atoms with Crippen molar-refractivity contribution in [3.63, 3.8) is 0 Å². The van der Waals surface area contributed by atoms with Crippen molar-refractivity contribution in [3.8, 4) is 0 Å². The number of rotatable bonds is 6. The van der Waals surface area contributed by atoms with Crippen LogP contribution in [-0.2, 0) is 17.6 Å². The average Bonchev–Trinajstić information content (AvgIpc) is 3.06. The summed E-state index contributed by atoms with van der Waals surface area (Å²) < 4.78 is 5.58. The molecule has 1 aliphatic carbocycles. The zero-order valence-electron chi connectivity index (χ0n) is 10.7. The summed E-state index contributed by atoms with van der Waals surface area (Å²) in [6, 6.07) is 4.39. The number of amides is 1. The summed E-state index contributed by atoms with van der Waals surface area (Å²) in [5.74, 6) is 1.97. The molecule has 0 atom stereocenters. The molecule has 0 N–H and O–H groups in total. The largest absolute Gasteiger partial charge is 0.466 e. The van der Waals surface area contributed by atoms with Crippen LogP contribution in [0.2, 0.25) is 0 Å². The Kier molecular flexibility index (Phi) is 3.87. The van der Waals surface area contributed by atoms with Crippen LogP contribution >= 0.6 is 0 Å². The monoisotopic (exact) mass is 235 g/mol. The van der Waals surface area contributed by atoms with Crippen molar-refractivity contribution < 1.29 is 9.21 Å². The van der Waals surface area contributed by atoms with Crippen LogP contribution < -0.4 is 0 Å². The number of nitrogens with zero attached hydrogens (tertiary/aromatic N) is 1. The lowest BCUT2D eigenvalue weighted by Crippen LogP contribution is -2.34. The number of furan rings is 1. The molecule has 3 nitrogen and oxygen atoms in total. The molecule has 94 valence electrons. The van der Waals surface area contributed by atoms with E-state index in [0.717, 1.165) is 30.9 Å². The minimum atomic E-state index is 0.214. The maximum Gasteiger partial charge on any atom is 0.230 e. The summed E-state index contributed by atoms with van der Waals surface area (Å²) in [5, 5.41) is 0. The highest BCUT2D eigenvalue weighted by Gasteiger charge is 2.31. The number of carbonyl (C=O) groups excluding carboxylic acids is 1. The van der Waals surface area contributed by atoms with Crippen LogP contribution in [0.25, 0.3) is 0 Å². The van der Waals surface area contributed by atoms with Crippen molar-refractivity contribution in [2.45, 2.75) is 52.0 Å². The highest BCUT2D eigenvalue weighted by Crippen LogP contribution is 2.27. The Labute approximate surface area is 103 Å². The van der Waals surface area contributed by atoms with Crippen LogP contribution in [0.1, 0.15) is 44.6 Å². The van der Waals surface area contributed by atoms with Gasteiger partial charge in [0, 0.05) is 19.0 Å². The first-order valence-corrected chi connectivity index (χ1v) is 6.61. The minimum Gasteiger partial charge on any atom is -0.466 e. The SMILES string of the molecule is CCCN(C(=O)Cc1ccc(CC)o1)C1CC1. The molecule has 17 heavy (non-hydrogen) atoms. The molecule has 1 aliphatic rings. The van der Waals surface area contributed by atoms with Gasteiger partial charge in [-0.05, 0) is 31.4 Å². The number of carbonyl (C=O) groups is 1. The molecule has 1 saturated carbocycles. The van der Waals surface area contributed by atoms with Gasteiger partial charge in [-0.3, -0.25) is 4.79 Å². The summed E-state index contributed by atoms with van der Waals surface area (Å²) in [7, 11) is 0. The number of hydrogen-bond acceptors (Lipinski definition) is 2. The first-order valence-electron chi connectivity index (χ1n) is 6.61. The van der Waals surface area contributed by atoms with Crippen LogP contribution in [0.4, 0.5) is 0 Å². The third kappa shape index (κ3) is 3.11. The van der Waals surface area contributed by atoms with E-state index in [2.05, 4.69) is 13.8 Å². The Hall–Kier alpha value is -1.25. The lowest BCUT2D eigenvalue weighted by atomic mass is 10.2. The van der Waals surface area contributed by atoms with Gasteiger partial charge >= 0.3 is 0 Å². The molecule has 1 aromatic rings. The van der Waals surface area contributed by atoms with Gasteiger partial charge in [-0.15, -0.1) is 0 Å². The van der Waals surface area contributed by atoms with E-state index < -0.39 is 0 Å². The van der Waals surface area contributed by atoms with Crippen molar-refractivity contribution in [2.24, 2.45) is 0 Å². The van der Waals surface area contributed by atoms with Gasteiger partial charge in [0.1, 0.15) is 11.5 Å². The maximum absolute atomic E-state index is 12.1. The van der Waals surface area contributed by atoms with Crippen LogP contribution in [0.3, 0.4) is 0 Å². The third-order valence-corrected chi connectivity index (χ3v) is 3.16. The first kappa shape index (κ1) is 12.2. The van der Waals surface area contributed by atoms with Crippen molar-refractivity contribution in [1.29, 1.82) is 0 Å². The molecular weight excluding hydrogens is 214 g/mol. The molecule has 0 radical (unpaired) electrons. The summed E-state index contributed by atoms with van der Waals surface area (Å²) in [5.41, 5.74) is 0. The quantitative estimate of drug-likeness (QED) is 0.759. The summed E-state index contributed by atoms with van der Waals surface area (Å²) in [6.45, 7) is 5.05. The van der Waals surface area contributed by atoms with Gasteiger partial charge in [0.2, 0.25) is 5.91 Å². The molecule has 0 aromatic carbocycles. The Morgan fingerprint density at radius 2 is 2.06 bits per heavy atom. The van der Waals surface area contributed by atoms with Crippen molar-refractivity contribution >= 4 is 5.91 Å². The second-order valence-electron chi connectivity index (χ2n) is 4.72. The van der Waals surface area contributed by atoms with Crippen molar-refractivity contribution in [1.82, 2.24) is 4.90 Å². The Morgan fingerprint density at radius 3 is 2.59 bits per heavy atom. The molecule has 1 amide bonds. The van der Waals surface area contributed by atoms with Crippen molar-refractivity contribution in [2.75, 3.05) is 6.54 Å². The fourth-order valence-corrected chi connectivity index (χ4v) is 2.10. The van der Waals surface area contributed by atoms with E-state index >= 15 is 0 Å². The maximum atomic E-state index is 12.1. The standard InChI is InChI=1S/C14H21NO2/c1-3-9-15(11-5-6-11)14(16)10-13-8-7-12(4-2)17-13/h7-8,11H,3-6,9-10H2,1-2H3. The molecule has 0 unspecified atom stereocenters. The molecular formula is C14H21NO2. The van der Waals surface area contributed by atoms with Gasteiger partial charge in [0.05, 0.1) is 6.42 Å². The zero-order valence-corrected chi connectivity index (χ0v) is 10.7. The minimum absolute atomic E-state index is 0.214. The Morgan fingerprint density at radius 1 is 1.35 bits per heavy atom. The third-order valence-electron chi connectivity index (χ3n) is 3.16. The van der Waals surface area contributed by atoms with E-state index in [1.165, 1.54) is 12.8 Å². The molecule has 1 heterocycles. The summed E-state index contributed by atoms with van der Waals surface area (Å²) in [6.07, 6.45) is 4.67. The molecule has 1 fully saturated rings. The fourth-order valence-electron chi connectivity index (χ4n) is 2.10. The van der Waals surface area contributed by atoms with Gasteiger partial charge < -0.3 is 9.32 Å². The van der Waals surface area contributed by atoms with Gasteiger partial charge in [0.15, 0.2) is 0 Å². The molecule has 2 rings (SSSR count). The van der Waals surface area contributed by atoms with Gasteiger partial charge in [0.25, 0.3) is 0 Å². The number of aryl methyl sites for hydroxylation is 1. The van der Waals surface area contributed by atoms with Crippen LogP contribution in [-0.4, -0.2) is 23.4 Å². The Bertz CT molecular complexity index is 379. The highest BCUT2D eigenvalue weighted by molar-refractivity contribution is 5.78. The second-order valence-corrected chi connectivity index (χ2v) is 4.72. The molecule has 0 bridgehead atoms. The summed E-state index contributed by atoms with van der Waals surface area (Å²) in [4.78, 5) is 14.2. The predicted octanol–water partition coefficient (Wildman–Crippen LogP) is 2.79. The van der Waals surface area contributed by atoms with E-state index in [-0.39, 0.29) is 5.91 Å². The topological polar surface area (TPSA) is 33.5 Å². The van der Waals surface area contributed by atoms with Gasteiger partial charge in [-0.2, -0.15) is 0 Å². The average molecular weight is 235 g/mol. The van der Waals surface area contributed by atoms with Crippen LogP contribution in [0.15, 0.2) is 16.5 Å². The van der Waals surface area contributed by atoms with Gasteiger partial charge in [-0.1, -0.05) is 13.8 Å². The van der Waals surface area contributed by atoms with Gasteiger partial charge in [-0.25, -0.2) is 0 Å². The van der Waals surface area contributed by atoms with Crippen LogP contribution in [0.5, 0.6) is 0 Å². The normalized spacial score (nSPS) is 14.9. The summed E-state index contributed by atoms with van der Waals surface area (Å²) >= 11 is 0. The van der Waals surface area contributed by atoms with E-state index in [1.54, 1.807) is 0 Å². The molecule has 0 saturated heterocycles. The molecule has 3 heteroatoms. The molecule has 1 aromatic heterocycles. The van der Waals surface area contributed by atoms with E-state index in [9.17, 15) is 4.79 Å². The smallest absolute Gasteiger partial charge is 0.230 e. The van der Waals surface area contributed by atoms with Crippen LogP contribution in [0, 0.1) is 0 Å². The van der Waals surface area contributed by atoms with E-state index in [4.69, 9.17) is 4.42 Å².